The maximum atomic E-state index is 12.6. The number of rotatable bonds is 7. The van der Waals surface area contributed by atoms with Gasteiger partial charge in [-0.2, -0.15) is 0 Å². The summed E-state index contributed by atoms with van der Waals surface area (Å²) in [4.78, 5) is 26.9. The topological polar surface area (TPSA) is 89.2 Å². The second kappa shape index (κ2) is 9.58. The number of carbonyl (C=O) groups is 1. The summed E-state index contributed by atoms with van der Waals surface area (Å²) in [7, 11) is 0. The Morgan fingerprint density at radius 1 is 1.20 bits per heavy atom. The SMILES string of the molecule is CCOc1ccccc1N1CC[NH+](CC(=O)Nc2cc(C)c(C)cc2[N+](=O)[O-])CC1. The number of nitrogens with zero attached hydrogens (tertiary/aromatic N) is 2. The van der Waals surface area contributed by atoms with Gasteiger partial charge in [-0.15, -0.1) is 0 Å². The first-order valence-electron chi connectivity index (χ1n) is 10.2. The number of piperazine rings is 1. The third-order valence-electron chi connectivity index (χ3n) is 5.47. The number of para-hydroxylation sites is 2. The molecule has 2 aromatic rings. The smallest absolute Gasteiger partial charge is 0.293 e. The molecule has 0 atom stereocenters. The van der Waals surface area contributed by atoms with Crippen LogP contribution in [-0.2, 0) is 4.79 Å². The van der Waals surface area contributed by atoms with Crippen molar-refractivity contribution in [2.45, 2.75) is 20.8 Å². The largest absolute Gasteiger partial charge is 0.492 e. The molecule has 3 rings (SSSR count). The zero-order chi connectivity index (χ0) is 21.7. The first-order valence-corrected chi connectivity index (χ1v) is 10.2. The highest BCUT2D eigenvalue weighted by molar-refractivity contribution is 5.94. The minimum absolute atomic E-state index is 0.0706. The molecule has 2 N–H and O–H groups in total. The van der Waals surface area contributed by atoms with Crippen molar-refractivity contribution in [3.05, 3.63) is 57.6 Å². The second-order valence-electron chi connectivity index (χ2n) is 7.57. The van der Waals surface area contributed by atoms with Crippen LogP contribution in [-0.4, -0.2) is 50.2 Å². The normalized spacial score (nSPS) is 14.4. The Labute approximate surface area is 176 Å². The molecule has 1 aliphatic rings. The van der Waals surface area contributed by atoms with Crippen LogP contribution >= 0.6 is 0 Å². The molecular formula is C22H29N4O4+. The molecule has 8 heteroatoms. The molecule has 1 heterocycles. The van der Waals surface area contributed by atoms with E-state index in [9.17, 15) is 14.9 Å². The summed E-state index contributed by atoms with van der Waals surface area (Å²) in [6.07, 6.45) is 0. The van der Waals surface area contributed by atoms with Gasteiger partial charge in [0, 0.05) is 6.07 Å². The Bertz CT molecular complexity index is 923. The maximum absolute atomic E-state index is 12.6. The van der Waals surface area contributed by atoms with E-state index in [4.69, 9.17) is 4.74 Å². The van der Waals surface area contributed by atoms with Gasteiger partial charge in [0.25, 0.3) is 11.6 Å². The maximum Gasteiger partial charge on any atom is 0.293 e. The highest BCUT2D eigenvalue weighted by atomic mass is 16.6. The molecule has 8 nitrogen and oxygen atoms in total. The molecule has 0 spiro atoms. The lowest BCUT2D eigenvalue weighted by Gasteiger charge is -2.34. The number of amides is 1. The predicted molar refractivity (Wildman–Crippen MR) is 117 cm³/mol. The lowest BCUT2D eigenvalue weighted by Crippen LogP contribution is -3.15. The number of hydrogen-bond donors (Lipinski definition) is 2. The van der Waals surface area contributed by atoms with E-state index in [0.29, 0.717) is 6.61 Å². The van der Waals surface area contributed by atoms with Crippen molar-refractivity contribution in [3.63, 3.8) is 0 Å². The minimum Gasteiger partial charge on any atom is -0.492 e. The molecule has 0 unspecified atom stereocenters. The van der Waals surface area contributed by atoms with E-state index in [2.05, 4.69) is 16.3 Å². The van der Waals surface area contributed by atoms with Crippen molar-refractivity contribution in [2.75, 3.05) is 49.5 Å². The van der Waals surface area contributed by atoms with Crippen LogP contribution < -0.4 is 19.9 Å². The van der Waals surface area contributed by atoms with E-state index in [0.717, 1.165) is 53.6 Å². The van der Waals surface area contributed by atoms with Crippen molar-refractivity contribution < 1.29 is 19.4 Å². The number of benzene rings is 2. The van der Waals surface area contributed by atoms with Crippen LogP contribution in [0.2, 0.25) is 0 Å². The predicted octanol–water partition coefficient (Wildman–Crippen LogP) is 1.95. The quantitative estimate of drug-likeness (QED) is 0.535. The lowest BCUT2D eigenvalue weighted by molar-refractivity contribution is -0.892. The van der Waals surface area contributed by atoms with Crippen LogP contribution in [0.25, 0.3) is 0 Å². The minimum atomic E-state index is -0.455. The highest BCUT2D eigenvalue weighted by Gasteiger charge is 2.25. The number of ether oxygens (including phenoxy) is 1. The number of carbonyl (C=O) groups excluding carboxylic acids is 1. The molecule has 1 amide bonds. The fourth-order valence-corrected chi connectivity index (χ4v) is 3.71. The van der Waals surface area contributed by atoms with E-state index in [1.54, 1.807) is 6.07 Å². The number of nitro benzene ring substituents is 1. The molecule has 1 saturated heterocycles. The molecule has 0 radical (unpaired) electrons. The molecule has 0 saturated carbocycles. The molecular weight excluding hydrogens is 384 g/mol. The zero-order valence-electron chi connectivity index (χ0n) is 17.7. The summed E-state index contributed by atoms with van der Waals surface area (Å²) in [5.41, 5.74) is 3.00. The van der Waals surface area contributed by atoms with Gasteiger partial charge >= 0.3 is 0 Å². The Hall–Kier alpha value is -3.13. The first kappa shape index (κ1) is 21.6. The van der Waals surface area contributed by atoms with Crippen molar-refractivity contribution in [2.24, 2.45) is 0 Å². The molecule has 30 heavy (non-hydrogen) atoms. The Morgan fingerprint density at radius 2 is 1.87 bits per heavy atom. The number of nitrogens with one attached hydrogen (secondary N) is 2. The van der Waals surface area contributed by atoms with Crippen molar-refractivity contribution in [1.29, 1.82) is 0 Å². The first-order chi connectivity index (χ1) is 14.4. The van der Waals surface area contributed by atoms with E-state index >= 15 is 0 Å². The van der Waals surface area contributed by atoms with Crippen LogP contribution in [0.4, 0.5) is 17.1 Å². The number of nitro groups is 1. The van der Waals surface area contributed by atoms with Crippen LogP contribution in [0.15, 0.2) is 36.4 Å². The van der Waals surface area contributed by atoms with Gasteiger partial charge in [-0.3, -0.25) is 14.9 Å². The third-order valence-corrected chi connectivity index (χ3v) is 5.47. The Morgan fingerprint density at radius 3 is 2.53 bits per heavy atom. The highest BCUT2D eigenvalue weighted by Crippen LogP contribution is 2.28. The molecule has 2 aromatic carbocycles. The second-order valence-corrected chi connectivity index (χ2v) is 7.57. The molecule has 1 aliphatic heterocycles. The van der Waals surface area contributed by atoms with Gasteiger partial charge in [0.05, 0.1) is 43.4 Å². The van der Waals surface area contributed by atoms with E-state index in [-0.39, 0.29) is 23.8 Å². The molecule has 160 valence electrons. The van der Waals surface area contributed by atoms with Crippen molar-refractivity contribution >= 4 is 23.0 Å². The number of anilines is 2. The Kier molecular flexibility index (Phi) is 6.89. The summed E-state index contributed by atoms with van der Waals surface area (Å²) >= 11 is 0. The third kappa shape index (κ3) is 5.07. The lowest BCUT2D eigenvalue weighted by atomic mass is 10.1. The van der Waals surface area contributed by atoms with E-state index in [1.807, 2.05) is 39.0 Å². The summed E-state index contributed by atoms with van der Waals surface area (Å²) in [5.74, 6) is 0.669. The van der Waals surface area contributed by atoms with Gasteiger partial charge < -0.3 is 19.9 Å². The van der Waals surface area contributed by atoms with E-state index in [1.165, 1.54) is 6.07 Å². The summed E-state index contributed by atoms with van der Waals surface area (Å²) in [5, 5.41) is 14.1. The average Bonchev–Trinajstić information content (AvgIpc) is 2.71. The molecule has 1 fully saturated rings. The summed E-state index contributed by atoms with van der Waals surface area (Å²) < 4.78 is 5.73. The summed E-state index contributed by atoms with van der Waals surface area (Å²) in [6.45, 7) is 9.81. The molecule has 0 aliphatic carbocycles. The monoisotopic (exact) mass is 413 g/mol. The fraction of sp³-hybridized carbons (Fsp3) is 0.409. The van der Waals surface area contributed by atoms with Crippen LogP contribution in [0.3, 0.4) is 0 Å². The molecule has 0 bridgehead atoms. The van der Waals surface area contributed by atoms with Gasteiger partial charge in [-0.1, -0.05) is 12.1 Å². The van der Waals surface area contributed by atoms with Crippen LogP contribution in [0.5, 0.6) is 5.75 Å². The fourth-order valence-electron chi connectivity index (χ4n) is 3.71. The number of hydrogen-bond acceptors (Lipinski definition) is 5. The van der Waals surface area contributed by atoms with Crippen molar-refractivity contribution in [1.82, 2.24) is 0 Å². The summed E-state index contributed by atoms with van der Waals surface area (Å²) in [6, 6.07) is 11.2. The molecule has 0 aromatic heterocycles. The average molecular weight is 413 g/mol. The van der Waals surface area contributed by atoms with Gasteiger partial charge in [-0.25, -0.2) is 0 Å². The van der Waals surface area contributed by atoms with Crippen LogP contribution in [0, 0.1) is 24.0 Å². The standard InChI is InChI=1S/C22H28N4O4/c1-4-30-21-8-6-5-7-19(21)25-11-9-24(10-12-25)15-22(27)23-18-13-16(2)17(3)14-20(18)26(28)29/h5-8,13-14H,4,9-12,15H2,1-3H3,(H,23,27)/p+1. The van der Waals surface area contributed by atoms with E-state index < -0.39 is 4.92 Å². The van der Waals surface area contributed by atoms with Crippen molar-refractivity contribution in [3.8, 4) is 5.75 Å². The van der Waals surface area contributed by atoms with Gasteiger partial charge in [0.1, 0.15) is 11.4 Å². The number of aryl methyl sites for hydroxylation is 2. The van der Waals surface area contributed by atoms with Gasteiger partial charge in [0.2, 0.25) is 0 Å². The Balaban J connectivity index is 1.59. The van der Waals surface area contributed by atoms with Gasteiger partial charge in [-0.05, 0) is 50.1 Å². The van der Waals surface area contributed by atoms with Gasteiger partial charge in [0.15, 0.2) is 6.54 Å². The number of quaternary nitrogens is 1. The zero-order valence-corrected chi connectivity index (χ0v) is 17.7. The van der Waals surface area contributed by atoms with Crippen LogP contribution in [0.1, 0.15) is 18.1 Å².